The van der Waals surface area contributed by atoms with Crippen LogP contribution in [0.15, 0.2) is 24.4 Å². The first-order valence-corrected chi connectivity index (χ1v) is 6.37. The molecule has 0 aliphatic heterocycles. The van der Waals surface area contributed by atoms with Crippen LogP contribution in [-0.4, -0.2) is 9.78 Å². The number of hydrogen-bond donors (Lipinski definition) is 1. The first-order valence-electron chi connectivity index (χ1n) is 4.44. The summed E-state index contributed by atoms with van der Waals surface area (Å²) in [6, 6.07) is 6.37. The zero-order chi connectivity index (χ0) is 10.1. The molecular weight excluding hydrogens is 212 g/mol. The van der Waals surface area contributed by atoms with Gasteiger partial charge in [-0.1, -0.05) is 22.9 Å². The van der Waals surface area contributed by atoms with Crippen molar-refractivity contribution in [1.29, 1.82) is 0 Å². The summed E-state index contributed by atoms with van der Waals surface area (Å²) in [4.78, 5) is 0. The number of hydrogen-bond acceptors (Lipinski definition) is 3. The lowest BCUT2D eigenvalue weighted by Gasteiger charge is -2.06. The average molecular weight is 224 g/mol. The van der Waals surface area contributed by atoms with Gasteiger partial charge >= 0.3 is 0 Å². The number of fused-ring (bicyclic) bond motifs is 1. The summed E-state index contributed by atoms with van der Waals surface area (Å²) in [5, 5.41) is 5.97. The van der Waals surface area contributed by atoms with Crippen LogP contribution in [-0.2, 0) is 7.05 Å². The second-order valence-corrected chi connectivity index (χ2v) is 4.92. The predicted octanol–water partition coefficient (Wildman–Crippen LogP) is 3.21. The fraction of sp³-hybridized carbons (Fsp3) is 0.300. The van der Waals surface area contributed by atoms with E-state index in [1.165, 1.54) is 10.9 Å². The van der Waals surface area contributed by atoms with Crippen LogP contribution >= 0.6 is 22.5 Å². The molecule has 0 bridgehead atoms. The number of rotatable bonds is 2. The van der Waals surface area contributed by atoms with E-state index in [-0.39, 0.29) is 0 Å². The lowest BCUT2D eigenvalue weighted by atomic mass is 10.1. The summed E-state index contributed by atoms with van der Waals surface area (Å²) in [5.74, 6) is 0. The van der Waals surface area contributed by atoms with E-state index in [1.807, 2.05) is 17.9 Å². The molecule has 74 valence electrons. The number of thiol groups is 1. The highest BCUT2D eigenvalue weighted by molar-refractivity contribution is 8.68. The first-order chi connectivity index (χ1) is 6.70. The van der Waals surface area contributed by atoms with Crippen molar-refractivity contribution in [1.82, 2.24) is 9.78 Å². The van der Waals surface area contributed by atoms with Crippen LogP contribution in [0.4, 0.5) is 0 Å². The number of aryl methyl sites for hydroxylation is 1. The number of aromatic nitrogens is 2. The second kappa shape index (κ2) is 3.87. The highest BCUT2D eigenvalue weighted by Gasteiger charge is 2.06. The van der Waals surface area contributed by atoms with E-state index in [0.717, 1.165) is 5.52 Å². The van der Waals surface area contributed by atoms with Gasteiger partial charge in [0.2, 0.25) is 0 Å². The van der Waals surface area contributed by atoms with E-state index in [0.29, 0.717) is 5.25 Å². The van der Waals surface area contributed by atoms with E-state index in [1.54, 1.807) is 10.8 Å². The predicted molar refractivity (Wildman–Crippen MR) is 65.7 cm³/mol. The molecule has 1 unspecified atom stereocenters. The molecule has 1 aromatic carbocycles. The Hall–Kier alpha value is -0.610. The highest BCUT2D eigenvalue weighted by atomic mass is 33.1. The maximum absolute atomic E-state index is 4.37. The molecule has 1 aromatic heterocycles. The van der Waals surface area contributed by atoms with Crippen molar-refractivity contribution in [2.45, 2.75) is 12.2 Å². The molecule has 0 spiro atoms. The Morgan fingerprint density at radius 3 is 3.00 bits per heavy atom. The average Bonchev–Trinajstić information content (AvgIpc) is 2.55. The van der Waals surface area contributed by atoms with Crippen molar-refractivity contribution in [2.75, 3.05) is 0 Å². The van der Waals surface area contributed by atoms with Gasteiger partial charge in [0.05, 0.1) is 5.52 Å². The minimum absolute atomic E-state index is 0.407. The summed E-state index contributed by atoms with van der Waals surface area (Å²) < 4.78 is 1.84. The van der Waals surface area contributed by atoms with Crippen molar-refractivity contribution in [3.05, 3.63) is 30.0 Å². The summed E-state index contributed by atoms with van der Waals surface area (Å²) >= 11 is 4.22. The van der Waals surface area contributed by atoms with Crippen molar-refractivity contribution in [3.8, 4) is 0 Å². The second-order valence-electron chi connectivity index (χ2n) is 3.37. The van der Waals surface area contributed by atoms with E-state index in [2.05, 4.69) is 41.9 Å². The van der Waals surface area contributed by atoms with E-state index in [9.17, 15) is 0 Å². The standard InChI is InChI=1S/C10H12N2S2/c1-7(14-13)8-3-4-9-6-12(2)11-10(9)5-8/h3-7,13H,1-2H3. The van der Waals surface area contributed by atoms with Crippen LogP contribution < -0.4 is 0 Å². The van der Waals surface area contributed by atoms with E-state index < -0.39 is 0 Å². The zero-order valence-electron chi connectivity index (χ0n) is 8.14. The zero-order valence-corrected chi connectivity index (χ0v) is 9.85. The van der Waals surface area contributed by atoms with Gasteiger partial charge in [0, 0.05) is 23.9 Å². The van der Waals surface area contributed by atoms with Gasteiger partial charge in [0.15, 0.2) is 0 Å². The molecule has 4 heteroatoms. The summed E-state index contributed by atoms with van der Waals surface area (Å²) in [7, 11) is 3.49. The number of benzene rings is 1. The minimum Gasteiger partial charge on any atom is -0.275 e. The summed E-state index contributed by atoms with van der Waals surface area (Å²) in [6.07, 6.45) is 2.03. The van der Waals surface area contributed by atoms with Crippen molar-refractivity contribution in [2.24, 2.45) is 7.05 Å². The lowest BCUT2D eigenvalue weighted by Crippen LogP contribution is -1.87. The number of nitrogens with zero attached hydrogens (tertiary/aromatic N) is 2. The first kappa shape index (κ1) is 9.93. The van der Waals surface area contributed by atoms with Crippen LogP contribution in [0, 0.1) is 0 Å². The third-order valence-corrected chi connectivity index (χ3v) is 3.81. The molecule has 1 atom stereocenters. The SMILES string of the molecule is CC(SS)c1ccc2cn(C)nc2c1. The molecule has 0 amide bonds. The molecule has 0 aliphatic rings. The monoisotopic (exact) mass is 224 g/mol. The molecule has 14 heavy (non-hydrogen) atoms. The molecule has 0 radical (unpaired) electrons. The van der Waals surface area contributed by atoms with Gasteiger partial charge in [0.1, 0.15) is 0 Å². The van der Waals surface area contributed by atoms with Gasteiger partial charge < -0.3 is 0 Å². The fourth-order valence-electron chi connectivity index (χ4n) is 1.47. The highest BCUT2D eigenvalue weighted by Crippen LogP contribution is 2.31. The van der Waals surface area contributed by atoms with Crippen LogP contribution in [0.1, 0.15) is 17.7 Å². The van der Waals surface area contributed by atoms with Crippen molar-refractivity contribution in [3.63, 3.8) is 0 Å². The Bertz CT molecular complexity index is 450. The largest absolute Gasteiger partial charge is 0.275 e. The van der Waals surface area contributed by atoms with Gasteiger partial charge in [-0.15, -0.1) is 11.7 Å². The minimum atomic E-state index is 0.407. The van der Waals surface area contributed by atoms with Crippen molar-refractivity contribution >= 4 is 33.4 Å². The van der Waals surface area contributed by atoms with Gasteiger partial charge in [-0.2, -0.15) is 5.10 Å². The molecule has 0 saturated carbocycles. The molecule has 0 aliphatic carbocycles. The Morgan fingerprint density at radius 1 is 1.50 bits per heavy atom. The molecule has 2 aromatic rings. The maximum atomic E-state index is 4.37. The van der Waals surface area contributed by atoms with Crippen LogP contribution in [0.5, 0.6) is 0 Å². The molecule has 2 nitrogen and oxygen atoms in total. The van der Waals surface area contributed by atoms with Gasteiger partial charge in [-0.3, -0.25) is 4.68 Å². The van der Waals surface area contributed by atoms with Gasteiger partial charge in [-0.25, -0.2) is 0 Å². The van der Waals surface area contributed by atoms with Crippen LogP contribution in [0.3, 0.4) is 0 Å². The van der Waals surface area contributed by atoms with Crippen LogP contribution in [0.2, 0.25) is 0 Å². The smallest absolute Gasteiger partial charge is 0.0926 e. The molecule has 0 saturated heterocycles. The maximum Gasteiger partial charge on any atom is 0.0926 e. The van der Waals surface area contributed by atoms with Crippen molar-refractivity contribution < 1.29 is 0 Å². The summed E-state index contributed by atoms with van der Waals surface area (Å²) in [5.41, 5.74) is 2.33. The third kappa shape index (κ3) is 1.77. The normalized spacial score (nSPS) is 13.4. The lowest BCUT2D eigenvalue weighted by molar-refractivity contribution is 0.779. The van der Waals surface area contributed by atoms with Gasteiger partial charge in [0.25, 0.3) is 0 Å². The Kier molecular flexibility index (Phi) is 2.74. The Morgan fingerprint density at radius 2 is 2.29 bits per heavy atom. The van der Waals surface area contributed by atoms with Crippen LogP contribution in [0.25, 0.3) is 10.9 Å². The van der Waals surface area contributed by atoms with Gasteiger partial charge in [-0.05, 0) is 18.6 Å². The molecular formula is C10H12N2S2. The molecule has 1 heterocycles. The fourth-order valence-corrected chi connectivity index (χ4v) is 2.10. The van der Waals surface area contributed by atoms with E-state index >= 15 is 0 Å². The Balaban J connectivity index is 2.50. The van der Waals surface area contributed by atoms with E-state index in [4.69, 9.17) is 0 Å². The molecule has 0 N–H and O–H groups in total. The third-order valence-electron chi connectivity index (χ3n) is 2.27. The topological polar surface area (TPSA) is 17.8 Å². The quantitative estimate of drug-likeness (QED) is 0.623. The Labute approximate surface area is 92.5 Å². The molecule has 0 fully saturated rings. The molecule has 2 rings (SSSR count). The summed E-state index contributed by atoms with van der Waals surface area (Å²) in [6.45, 7) is 2.14.